The summed E-state index contributed by atoms with van der Waals surface area (Å²) >= 11 is 0. The summed E-state index contributed by atoms with van der Waals surface area (Å²) in [7, 11) is 0. The van der Waals surface area contributed by atoms with Crippen molar-refractivity contribution in [1.29, 1.82) is 0 Å². The third-order valence-corrected chi connectivity index (χ3v) is 4.65. The van der Waals surface area contributed by atoms with Gasteiger partial charge in [0.05, 0.1) is 28.0 Å². The van der Waals surface area contributed by atoms with Gasteiger partial charge in [-0.3, -0.25) is 0 Å². The number of aryl methyl sites for hydroxylation is 2. The molecule has 0 unspecified atom stereocenters. The zero-order valence-electron chi connectivity index (χ0n) is 15.0. The number of aromatic hydroxyl groups is 1. The molecule has 27 heavy (non-hydrogen) atoms. The molecular weight excluding hydrogens is 342 g/mol. The van der Waals surface area contributed by atoms with E-state index in [4.69, 9.17) is 16.1 Å². The Morgan fingerprint density at radius 3 is 2.44 bits per heavy atom. The quantitative estimate of drug-likeness (QED) is 0.224. The lowest BCUT2D eigenvalue weighted by Crippen LogP contribution is -2.17. The summed E-state index contributed by atoms with van der Waals surface area (Å²) in [6.45, 7) is 3.73. The Morgan fingerprint density at radius 2 is 1.81 bits per heavy atom. The van der Waals surface area contributed by atoms with Crippen molar-refractivity contribution in [3.63, 3.8) is 0 Å². The van der Waals surface area contributed by atoms with Crippen LogP contribution >= 0.6 is 0 Å². The van der Waals surface area contributed by atoms with Crippen molar-refractivity contribution in [1.82, 2.24) is 9.72 Å². The maximum absolute atomic E-state index is 9.70. The molecule has 0 saturated heterocycles. The number of hydrogen-bond donors (Lipinski definition) is 3. The Kier molecular flexibility index (Phi) is 3.84. The Labute approximate surface area is 155 Å². The van der Waals surface area contributed by atoms with Gasteiger partial charge in [-0.15, -0.1) is 0 Å². The summed E-state index contributed by atoms with van der Waals surface area (Å²) in [5.74, 6) is 6.62. The van der Waals surface area contributed by atoms with Crippen LogP contribution in [0.5, 0.6) is 5.75 Å². The summed E-state index contributed by atoms with van der Waals surface area (Å²) in [5.41, 5.74) is 11.1. The Bertz CT molecular complexity index is 1150. The fourth-order valence-electron chi connectivity index (χ4n) is 3.49. The molecule has 2 aromatic heterocycles. The number of fused-ring (bicyclic) bond motifs is 1. The zero-order chi connectivity index (χ0) is 19.1. The van der Waals surface area contributed by atoms with Crippen LogP contribution in [0.1, 0.15) is 17.0 Å². The fourth-order valence-corrected chi connectivity index (χ4v) is 3.49. The van der Waals surface area contributed by atoms with E-state index in [0.29, 0.717) is 5.76 Å². The number of aromatic nitrogens is 2. The van der Waals surface area contributed by atoms with Crippen LogP contribution in [0, 0.1) is 13.8 Å². The van der Waals surface area contributed by atoms with E-state index in [2.05, 4.69) is 14.8 Å². The number of nitrogens with two attached hydrogens (primary N) is 2. The minimum absolute atomic E-state index is 0.192. The number of amidine groups is 1. The lowest BCUT2D eigenvalue weighted by molar-refractivity contribution is 0.393. The third-order valence-electron chi connectivity index (χ3n) is 4.65. The van der Waals surface area contributed by atoms with Gasteiger partial charge in [-0.1, -0.05) is 23.4 Å². The first kappa shape index (κ1) is 16.7. The van der Waals surface area contributed by atoms with Crippen LogP contribution in [0.15, 0.2) is 58.2 Å². The number of nitrogens with zero attached hydrogens (tertiary/aromatic N) is 3. The molecule has 2 aromatic carbocycles. The summed E-state index contributed by atoms with van der Waals surface area (Å²) < 4.78 is 7.46. The largest absolute Gasteiger partial charge is 0.508 e. The highest BCUT2D eigenvalue weighted by atomic mass is 16.5. The molecule has 0 fully saturated rings. The zero-order valence-corrected chi connectivity index (χ0v) is 15.0. The van der Waals surface area contributed by atoms with Crippen LogP contribution in [0.3, 0.4) is 0 Å². The highest BCUT2D eigenvalue weighted by molar-refractivity contribution is 6.15. The summed E-state index contributed by atoms with van der Waals surface area (Å²) in [6.07, 6.45) is 0. The van der Waals surface area contributed by atoms with Gasteiger partial charge < -0.3 is 25.8 Å². The molecule has 0 radical (unpaired) electrons. The molecule has 7 nitrogen and oxygen atoms in total. The SMILES string of the molecule is Cc1noc(C)c1-c1c(C(N)=NN)c2ccccc2n1-c1ccc(O)cc1. The normalized spacial score (nSPS) is 12.0. The minimum Gasteiger partial charge on any atom is -0.508 e. The van der Waals surface area contributed by atoms with Gasteiger partial charge in [0.2, 0.25) is 0 Å². The van der Waals surface area contributed by atoms with Crippen LogP contribution < -0.4 is 11.6 Å². The molecule has 136 valence electrons. The molecule has 4 rings (SSSR count). The lowest BCUT2D eigenvalue weighted by Gasteiger charge is -2.12. The summed E-state index contributed by atoms with van der Waals surface area (Å²) in [5, 5.41) is 18.5. The number of benzene rings is 2. The van der Waals surface area contributed by atoms with Crippen LogP contribution in [0.4, 0.5) is 0 Å². The highest BCUT2D eigenvalue weighted by Gasteiger charge is 2.26. The van der Waals surface area contributed by atoms with Gasteiger partial charge in [-0.2, -0.15) is 5.10 Å². The predicted octanol–water partition coefficient (Wildman–Crippen LogP) is 3.19. The Balaban J connectivity index is 2.22. The Morgan fingerprint density at radius 1 is 1.11 bits per heavy atom. The second kappa shape index (κ2) is 6.21. The van der Waals surface area contributed by atoms with Gasteiger partial charge >= 0.3 is 0 Å². The maximum atomic E-state index is 9.70. The predicted molar refractivity (Wildman–Crippen MR) is 105 cm³/mol. The lowest BCUT2D eigenvalue weighted by atomic mass is 10.0. The van der Waals surface area contributed by atoms with E-state index in [1.165, 1.54) is 0 Å². The van der Waals surface area contributed by atoms with E-state index in [9.17, 15) is 5.11 Å². The fraction of sp³-hybridized carbons (Fsp3) is 0.100. The molecule has 2 heterocycles. The smallest absolute Gasteiger partial charge is 0.153 e. The van der Waals surface area contributed by atoms with E-state index in [1.807, 2.05) is 50.2 Å². The summed E-state index contributed by atoms with van der Waals surface area (Å²) in [6, 6.07) is 14.8. The van der Waals surface area contributed by atoms with Gasteiger partial charge in [0, 0.05) is 11.1 Å². The molecule has 0 amide bonds. The molecule has 0 spiro atoms. The maximum Gasteiger partial charge on any atom is 0.153 e. The molecule has 7 heteroatoms. The average Bonchev–Trinajstić information content (AvgIpc) is 3.18. The topological polar surface area (TPSA) is 116 Å². The second-order valence-corrected chi connectivity index (χ2v) is 6.31. The molecule has 0 aliphatic carbocycles. The highest BCUT2D eigenvalue weighted by Crippen LogP contribution is 2.39. The standard InChI is InChI=1S/C20H19N5O2/c1-11-17(12(2)27-24-11)19-18(20(21)23-22)15-5-3-4-6-16(15)25(19)13-7-9-14(26)10-8-13/h3-10,26H,22H2,1-2H3,(H2,21,23). The van der Waals surface area contributed by atoms with Crippen LogP contribution in [-0.2, 0) is 0 Å². The third kappa shape index (κ3) is 2.52. The second-order valence-electron chi connectivity index (χ2n) is 6.31. The average molecular weight is 361 g/mol. The van der Waals surface area contributed by atoms with Crippen LogP contribution in [0.2, 0.25) is 0 Å². The molecule has 4 aromatic rings. The van der Waals surface area contributed by atoms with Gasteiger partial charge in [0.25, 0.3) is 0 Å². The first-order valence-electron chi connectivity index (χ1n) is 8.42. The number of phenols is 1. The van der Waals surface area contributed by atoms with Gasteiger partial charge in [0.1, 0.15) is 11.5 Å². The molecule has 0 bridgehead atoms. The van der Waals surface area contributed by atoms with E-state index >= 15 is 0 Å². The summed E-state index contributed by atoms with van der Waals surface area (Å²) in [4.78, 5) is 0. The van der Waals surface area contributed by atoms with Gasteiger partial charge in [-0.05, 0) is 44.2 Å². The van der Waals surface area contributed by atoms with Crippen molar-refractivity contribution in [2.24, 2.45) is 16.7 Å². The van der Waals surface area contributed by atoms with Gasteiger partial charge in [-0.25, -0.2) is 0 Å². The first-order chi connectivity index (χ1) is 13.0. The minimum atomic E-state index is 0.192. The van der Waals surface area contributed by atoms with Crippen molar-refractivity contribution in [3.8, 4) is 22.7 Å². The number of rotatable bonds is 3. The number of hydrazone groups is 1. The van der Waals surface area contributed by atoms with Crippen molar-refractivity contribution in [2.75, 3.05) is 0 Å². The van der Waals surface area contributed by atoms with Crippen molar-refractivity contribution in [3.05, 3.63) is 65.5 Å². The monoisotopic (exact) mass is 361 g/mol. The number of hydrogen-bond acceptors (Lipinski definition) is 5. The Hall–Kier alpha value is -3.74. The first-order valence-corrected chi connectivity index (χ1v) is 8.42. The van der Waals surface area contributed by atoms with Crippen LogP contribution in [-0.4, -0.2) is 20.7 Å². The van der Waals surface area contributed by atoms with E-state index < -0.39 is 0 Å². The van der Waals surface area contributed by atoms with E-state index in [1.54, 1.807) is 12.1 Å². The van der Waals surface area contributed by atoms with Crippen molar-refractivity contribution >= 4 is 16.7 Å². The van der Waals surface area contributed by atoms with Gasteiger partial charge in [0.15, 0.2) is 5.84 Å². The number of phenolic OH excluding ortho intramolecular Hbond substituents is 1. The van der Waals surface area contributed by atoms with Crippen LogP contribution in [0.25, 0.3) is 27.8 Å². The molecule has 5 N–H and O–H groups in total. The molecule has 0 atom stereocenters. The van der Waals surface area contributed by atoms with E-state index in [0.717, 1.165) is 39.1 Å². The van der Waals surface area contributed by atoms with Crippen molar-refractivity contribution < 1.29 is 9.63 Å². The molecule has 0 aliphatic rings. The molecule has 0 saturated carbocycles. The van der Waals surface area contributed by atoms with Crippen molar-refractivity contribution in [2.45, 2.75) is 13.8 Å². The molecule has 0 aliphatic heterocycles. The molecular formula is C20H19N5O2. The number of para-hydroxylation sites is 1. The van der Waals surface area contributed by atoms with E-state index in [-0.39, 0.29) is 11.6 Å².